The summed E-state index contributed by atoms with van der Waals surface area (Å²) in [4.78, 5) is 0. The fourth-order valence-corrected chi connectivity index (χ4v) is 0. The second-order valence-electron chi connectivity index (χ2n) is 0. The van der Waals surface area contributed by atoms with Gasteiger partial charge in [0.05, 0.1) is 0 Å². The van der Waals surface area contributed by atoms with Crippen molar-refractivity contribution in [1.29, 1.82) is 0 Å². The summed E-state index contributed by atoms with van der Waals surface area (Å²) in [5, 5.41) is 0. The first-order valence-electron chi connectivity index (χ1n) is 0. The standard InChI is InChI=1S/3Ga.2Zr.9H. The smallest absolute Gasteiger partial charge is 0 e. The van der Waals surface area contributed by atoms with Crippen molar-refractivity contribution < 1.29 is 52.4 Å². The normalized spacial score (nSPS) is 0. The van der Waals surface area contributed by atoms with Gasteiger partial charge in [0.2, 0.25) is 0 Å². The van der Waals surface area contributed by atoms with Crippen LogP contribution in [0.5, 0.6) is 0 Å². The molecule has 0 bridgehead atoms. The van der Waals surface area contributed by atoms with Crippen molar-refractivity contribution in [3.05, 3.63) is 0 Å². The molecule has 0 saturated heterocycles. The minimum atomic E-state index is 0. The Hall–Kier alpha value is 3.68. The van der Waals surface area contributed by atoms with E-state index in [-0.39, 0.29) is 112 Å². The second kappa shape index (κ2) is 25.3. The second-order valence-corrected chi connectivity index (χ2v) is 0. The van der Waals surface area contributed by atoms with Gasteiger partial charge in [-0.3, -0.25) is 0 Å². The molecule has 0 aromatic heterocycles. The molecule has 0 aliphatic heterocycles. The summed E-state index contributed by atoms with van der Waals surface area (Å²) >= 11 is 0. The van der Waals surface area contributed by atoms with E-state index < -0.39 is 0 Å². The predicted molar refractivity (Wildman–Crippen MR) is 29.8 cm³/mol. The molecule has 0 nitrogen and oxygen atoms in total. The number of rotatable bonds is 0. The van der Waals surface area contributed by atoms with E-state index in [4.69, 9.17) is 0 Å². The van der Waals surface area contributed by atoms with Crippen LogP contribution in [-0.4, -0.2) is 59.4 Å². The minimum absolute atomic E-state index is 0. The van der Waals surface area contributed by atoms with Gasteiger partial charge in [-0.2, -0.15) is 0 Å². The summed E-state index contributed by atoms with van der Waals surface area (Å²) in [6.07, 6.45) is 0. The molecular formula is H9Ga3Zr2. The quantitative estimate of drug-likeness (QED) is 0.369. The summed E-state index contributed by atoms with van der Waals surface area (Å²) in [7, 11) is 0. The van der Waals surface area contributed by atoms with Crippen LogP contribution in [0.2, 0.25) is 0 Å². The van der Waals surface area contributed by atoms with E-state index in [1.807, 2.05) is 0 Å². The molecule has 0 atom stereocenters. The molecule has 26 valence electrons. The van der Waals surface area contributed by atoms with Crippen LogP contribution in [0.15, 0.2) is 0 Å². The Kier molecular flexibility index (Phi) is 192. The van der Waals surface area contributed by atoms with Gasteiger partial charge >= 0.3 is 59.4 Å². The Bertz CT molecular complexity index is 4.85. The van der Waals surface area contributed by atoms with Crippen LogP contribution >= 0.6 is 0 Å². The van der Waals surface area contributed by atoms with Gasteiger partial charge in [0.1, 0.15) is 0 Å². The van der Waals surface area contributed by atoms with E-state index >= 15 is 0 Å². The summed E-state index contributed by atoms with van der Waals surface area (Å²) in [6, 6.07) is 0. The molecule has 0 saturated carbocycles. The van der Waals surface area contributed by atoms with Crippen LogP contribution < -0.4 is 0 Å². The molecule has 0 aliphatic rings. The summed E-state index contributed by atoms with van der Waals surface area (Å²) < 4.78 is 0. The maximum Gasteiger partial charge on any atom is 0 e. The van der Waals surface area contributed by atoms with E-state index in [1.165, 1.54) is 0 Å². The summed E-state index contributed by atoms with van der Waals surface area (Å²) in [5.74, 6) is 0. The van der Waals surface area contributed by atoms with Crippen molar-refractivity contribution in [2.75, 3.05) is 0 Å². The van der Waals surface area contributed by atoms with Crippen molar-refractivity contribution >= 4 is 59.4 Å². The molecule has 0 unspecified atom stereocenters. The average molecular weight is 401 g/mol. The molecule has 0 amide bonds. The van der Waals surface area contributed by atoms with Crippen LogP contribution in [0, 0.1) is 0 Å². The zero-order valence-corrected chi connectivity index (χ0v) is 5.92. The van der Waals surface area contributed by atoms with E-state index in [1.54, 1.807) is 0 Å². The topological polar surface area (TPSA) is 0 Å². The molecule has 0 spiro atoms. The third-order valence-corrected chi connectivity index (χ3v) is 0. The fraction of sp³-hybridized carbons (Fsp3) is 0. The molecule has 5 heavy (non-hydrogen) atoms. The van der Waals surface area contributed by atoms with Gasteiger partial charge < -0.3 is 0 Å². The number of hydrogen-bond acceptors (Lipinski definition) is 0. The molecule has 0 rings (SSSR count). The zero-order valence-electron chi connectivity index (χ0n) is 1.00. The first kappa shape index (κ1) is 37.8. The Morgan fingerprint density at radius 1 is 0.400 bits per heavy atom. The molecule has 0 radical (unpaired) electrons. The Morgan fingerprint density at radius 3 is 0.400 bits per heavy atom. The SMILES string of the molecule is [GaH3].[GaH3].[GaH3].[Zr].[Zr]. The van der Waals surface area contributed by atoms with Crippen molar-refractivity contribution in [3.63, 3.8) is 0 Å². The van der Waals surface area contributed by atoms with Gasteiger partial charge in [0.25, 0.3) is 0 Å². The van der Waals surface area contributed by atoms with Crippen molar-refractivity contribution in [2.24, 2.45) is 0 Å². The Morgan fingerprint density at radius 2 is 0.400 bits per heavy atom. The molecule has 5 heteroatoms. The molecule has 0 fully saturated rings. The number of hydrogen-bond donors (Lipinski definition) is 0. The first-order chi connectivity index (χ1) is 0. The zero-order chi connectivity index (χ0) is 0. The van der Waals surface area contributed by atoms with Gasteiger partial charge in [-0.15, -0.1) is 0 Å². The first-order valence-corrected chi connectivity index (χ1v) is 0. The molecular weight excluding hydrogens is 392 g/mol. The van der Waals surface area contributed by atoms with E-state index in [2.05, 4.69) is 0 Å². The van der Waals surface area contributed by atoms with Gasteiger partial charge in [-0.25, -0.2) is 0 Å². The van der Waals surface area contributed by atoms with Gasteiger partial charge in [-0.05, 0) is 0 Å². The van der Waals surface area contributed by atoms with E-state index in [9.17, 15) is 0 Å². The van der Waals surface area contributed by atoms with E-state index in [0.717, 1.165) is 0 Å². The third kappa shape index (κ3) is 18.3. The van der Waals surface area contributed by atoms with E-state index in [0.29, 0.717) is 0 Å². The largest absolute Gasteiger partial charge is 0 e. The molecule has 0 aliphatic carbocycles. The Balaban J connectivity index is 0. The van der Waals surface area contributed by atoms with Crippen LogP contribution in [-0.2, 0) is 52.4 Å². The molecule has 0 aromatic rings. The fourth-order valence-electron chi connectivity index (χ4n) is 0. The van der Waals surface area contributed by atoms with Crippen LogP contribution in [0.3, 0.4) is 0 Å². The van der Waals surface area contributed by atoms with Gasteiger partial charge in [0.15, 0.2) is 0 Å². The average Bonchev–Trinajstić information content (AvgIpc) is 0. The van der Waals surface area contributed by atoms with Crippen molar-refractivity contribution in [2.45, 2.75) is 0 Å². The monoisotopic (exact) mass is 396 g/mol. The molecule has 0 N–H and O–H groups in total. The minimum Gasteiger partial charge on any atom is 0 e. The van der Waals surface area contributed by atoms with Gasteiger partial charge in [-0.1, -0.05) is 0 Å². The summed E-state index contributed by atoms with van der Waals surface area (Å²) in [5.41, 5.74) is 0. The maximum atomic E-state index is 0. The van der Waals surface area contributed by atoms with Crippen LogP contribution in [0.1, 0.15) is 0 Å². The molecule has 0 aromatic carbocycles. The summed E-state index contributed by atoms with van der Waals surface area (Å²) in [6.45, 7) is 0. The Labute approximate surface area is 109 Å². The van der Waals surface area contributed by atoms with Crippen molar-refractivity contribution in [3.8, 4) is 0 Å². The predicted octanol–water partition coefficient (Wildman–Crippen LogP) is -3.56. The van der Waals surface area contributed by atoms with Crippen molar-refractivity contribution in [1.82, 2.24) is 0 Å². The van der Waals surface area contributed by atoms with Gasteiger partial charge in [0, 0.05) is 52.4 Å². The van der Waals surface area contributed by atoms with Crippen LogP contribution in [0.25, 0.3) is 0 Å². The maximum absolute atomic E-state index is 0. The third-order valence-electron chi connectivity index (χ3n) is 0. The van der Waals surface area contributed by atoms with Crippen LogP contribution in [0.4, 0.5) is 0 Å². The molecule has 0 heterocycles.